The van der Waals surface area contributed by atoms with Crippen LogP contribution in [-0.2, 0) is 30.5 Å². The summed E-state index contributed by atoms with van der Waals surface area (Å²) in [4.78, 5) is 29.5. The van der Waals surface area contributed by atoms with Crippen molar-refractivity contribution in [2.24, 2.45) is 53.3 Å². The van der Waals surface area contributed by atoms with Crippen molar-refractivity contribution in [3.8, 4) is 0 Å². The number of likely N-dealkylation sites (tertiary alicyclic amines) is 7. The highest BCUT2D eigenvalue weighted by Gasteiger charge is 2.45. The minimum atomic E-state index is 0.514. The number of thioether (sulfide) groups is 1. The summed E-state index contributed by atoms with van der Waals surface area (Å²) in [7, 11) is 26.8. The first-order valence-corrected chi connectivity index (χ1v) is 58.9. The SMILES string of the molecule is CC1=Cc2ccccc2CN1C.CC1C2CCCCC2CCN1C.CC1C=Cc2ccccc2N1C.CC1C=Cc2ccccc2N1C.CC1CC2CCCCC2CN1C.CC1CC2CCCCC2N1C.CC1CC2CCc3ccccc3C2N1C.CC1CC2COCC2N1C.CC1CC2CSCC2N1C.CC1CCC2CCCCC2N1C.CC1CCc2ccccc2N1C.CC1c2ccccc2CCN1C. The Hall–Kier alpha value is -6.27. The number of fused-ring (bicyclic) bond motifs is 14. The average molecular weight is 1960 g/mol. The van der Waals surface area contributed by atoms with E-state index in [4.69, 9.17) is 4.74 Å². The van der Waals surface area contributed by atoms with Crippen LogP contribution in [0, 0.1) is 53.3 Å². The quantitative estimate of drug-likeness (QED) is 0.145. The predicted octanol–water partition coefficient (Wildman–Crippen LogP) is 27.4. The molecule has 13 nitrogen and oxygen atoms in total. The first kappa shape index (κ1) is 111. The second kappa shape index (κ2) is 53.7. The van der Waals surface area contributed by atoms with Crippen LogP contribution in [0.25, 0.3) is 18.2 Å². The number of benzene rings is 6. The minimum absolute atomic E-state index is 0.514. The van der Waals surface area contributed by atoms with Crippen LogP contribution in [0.3, 0.4) is 0 Å². The highest BCUT2D eigenvalue weighted by Crippen LogP contribution is 2.48. The van der Waals surface area contributed by atoms with Gasteiger partial charge in [-0.2, -0.15) is 11.8 Å². The van der Waals surface area contributed by atoms with Crippen molar-refractivity contribution in [1.82, 2.24) is 44.1 Å². The fourth-order valence-corrected chi connectivity index (χ4v) is 29.9. The Balaban J connectivity index is 0.000000123. The van der Waals surface area contributed by atoms with E-state index in [1.165, 1.54) is 279 Å². The van der Waals surface area contributed by atoms with Gasteiger partial charge >= 0.3 is 0 Å². The first-order chi connectivity index (χ1) is 68.4. The number of nitrogens with zero attached hydrogens (tertiary/aromatic N) is 12. The Morgan fingerprint density at radius 1 is 0.310 bits per heavy atom. The topological polar surface area (TPSA) is 48.1 Å². The lowest BCUT2D eigenvalue weighted by atomic mass is 9.71. The van der Waals surface area contributed by atoms with E-state index in [9.17, 15) is 0 Å². The van der Waals surface area contributed by atoms with Gasteiger partial charge < -0.3 is 43.9 Å². The molecule has 14 heteroatoms. The Labute approximate surface area is 873 Å². The Morgan fingerprint density at radius 2 is 0.789 bits per heavy atom. The summed E-state index contributed by atoms with van der Waals surface area (Å²) in [5.74, 6) is 11.9. The van der Waals surface area contributed by atoms with Crippen molar-refractivity contribution in [2.45, 2.75) is 373 Å². The molecule has 25 unspecified atom stereocenters. The normalized spacial score (nSPS) is 33.9. The van der Waals surface area contributed by atoms with Crippen molar-refractivity contribution in [3.05, 3.63) is 214 Å². The van der Waals surface area contributed by atoms with Crippen molar-refractivity contribution >= 4 is 47.1 Å². The molecule has 0 radical (unpaired) electrons. The summed E-state index contributed by atoms with van der Waals surface area (Å²) < 4.78 is 5.39. The van der Waals surface area contributed by atoms with Crippen molar-refractivity contribution in [1.29, 1.82) is 0 Å². The lowest BCUT2D eigenvalue weighted by Gasteiger charge is -2.45. The van der Waals surface area contributed by atoms with Gasteiger partial charge in [0.25, 0.3) is 0 Å². The third kappa shape index (κ3) is 28.7. The van der Waals surface area contributed by atoms with Gasteiger partial charge in [0.05, 0.1) is 13.2 Å². The van der Waals surface area contributed by atoms with Gasteiger partial charge in [-0.15, -0.1) is 0 Å². The van der Waals surface area contributed by atoms with Crippen LogP contribution in [0.4, 0.5) is 17.1 Å². The van der Waals surface area contributed by atoms with Gasteiger partial charge in [-0.25, -0.2) is 0 Å². The fourth-order valence-electron chi connectivity index (χ4n) is 28.4. The number of piperidine rings is 3. The summed E-state index contributed by atoms with van der Waals surface area (Å²) in [6, 6.07) is 64.3. The number of likely N-dealkylation sites (N-methyl/N-ethyl adjacent to an activating group) is 4. The van der Waals surface area contributed by atoms with Crippen LogP contribution in [-0.4, -0.2) is 258 Å². The molecular formula is C128H200N12OS. The molecule has 6 aromatic rings. The highest BCUT2D eigenvalue weighted by atomic mass is 32.2. The molecule has 142 heavy (non-hydrogen) atoms. The zero-order chi connectivity index (χ0) is 101. The molecule has 784 valence electrons. The molecule has 6 aromatic carbocycles. The molecule has 14 heterocycles. The molecule has 0 bridgehead atoms. The van der Waals surface area contributed by atoms with Crippen LogP contribution in [0.15, 0.2) is 163 Å². The molecule has 19 aliphatic rings. The standard InChI is InChI=1S/C14H19N.C11H21N.C11H13N.C11H21N.C11H15N.C11H21N.C11H15N.2C11H13N.C10H19N.C8H15NO.C8H15NS/c1-10-9-12-8-7-11-5-3-4-6-13(11)14(12)15(10)2;2*1-9-7-10-5-3-4-6-11(10)8-12(9)2;2*1-9-11-6-4-3-5-10(11)7-8-12(9)2;4*1-9-7-8-10-5-3-4-6-11(10)12(9)2;1-8-7-9-5-3-4-6-10(9)11(8)2;2*1-6-3-7-4-10-5-8(7)9(6)2/h3-6,10,12,14H,7-9H2,1-2H3;9-11H,3-8H2,1-2H3;3-7H,8H2,1-2H3;9-11H,3-8H2,1-2H3;3-6,9H,7-8H2,1-2H3;9-11H,3-8H2,1-2H3;3-6,9H,7-8H2,1-2H3;2*3-9H,1-2H3;8-10H,3-7H2,1-2H3;2*6-8H,3-5H2,1-2H3. The first-order valence-electron chi connectivity index (χ1n) is 57.7. The van der Waals surface area contributed by atoms with Crippen LogP contribution in [0.2, 0.25) is 0 Å². The van der Waals surface area contributed by atoms with Crippen LogP contribution >= 0.6 is 11.8 Å². The number of ether oxygens (including phenoxy) is 1. The van der Waals surface area contributed by atoms with Crippen molar-refractivity contribution < 1.29 is 4.74 Å². The van der Waals surface area contributed by atoms with Gasteiger partial charge in [0.15, 0.2) is 0 Å². The second-order valence-corrected chi connectivity index (χ2v) is 49.2. The third-order valence-corrected chi connectivity index (χ3v) is 40.7. The van der Waals surface area contributed by atoms with E-state index >= 15 is 0 Å². The molecule has 0 N–H and O–H groups in total. The molecule has 0 spiro atoms. The number of hydrogen-bond donors (Lipinski definition) is 0. The molecule has 0 amide bonds. The van der Waals surface area contributed by atoms with Gasteiger partial charge in [-0.1, -0.05) is 216 Å². The fraction of sp³-hybridized carbons (Fsp3) is 0.672. The van der Waals surface area contributed by atoms with Crippen molar-refractivity contribution in [3.63, 3.8) is 0 Å². The van der Waals surface area contributed by atoms with E-state index < -0.39 is 0 Å². The number of para-hydroxylation sites is 3. The van der Waals surface area contributed by atoms with Gasteiger partial charge in [-0.3, -0.25) is 19.6 Å². The van der Waals surface area contributed by atoms with Crippen LogP contribution in [0.5, 0.6) is 0 Å². The molecule has 9 saturated heterocycles. The van der Waals surface area contributed by atoms with Crippen molar-refractivity contribution in [2.75, 3.05) is 144 Å². The molecule has 25 atom stereocenters. The molecule has 13 fully saturated rings. The molecule has 4 saturated carbocycles. The third-order valence-electron chi connectivity index (χ3n) is 39.5. The lowest BCUT2D eigenvalue weighted by Crippen LogP contribution is -2.48. The maximum absolute atomic E-state index is 5.39. The monoisotopic (exact) mass is 1950 g/mol. The smallest absolute Gasteiger partial charge is 0.0625 e. The predicted molar refractivity (Wildman–Crippen MR) is 615 cm³/mol. The largest absolute Gasteiger partial charge is 0.379 e. The lowest BCUT2D eigenvalue weighted by molar-refractivity contribution is 0.0447. The number of hydrogen-bond acceptors (Lipinski definition) is 14. The van der Waals surface area contributed by atoms with E-state index in [-0.39, 0.29) is 0 Å². The zero-order valence-electron chi connectivity index (χ0n) is 94.0. The number of rotatable bonds is 0. The summed E-state index contributed by atoms with van der Waals surface area (Å²) in [5, 5.41) is 0. The Bertz CT molecular complexity index is 4650. The van der Waals surface area contributed by atoms with E-state index in [0.29, 0.717) is 30.2 Å². The van der Waals surface area contributed by atoms with E-state index in [1.807, 2.05) is 0 Å². The molecule has 25 rings (SSSR count). The number of aryl methyl sites for hydroxylation is 2. The van der Waals surface area contributed by atoms with Gasteiger partial charge in [0.1, 0.15) is 0 Å². The maximum Gasteiger partial charge on any atom is 0.0625 e. The second-order valence-electron chi connectivity index (χ2n) is 48.1. The van der Waals surface area contributed by atoms with Gasteiger partial charge in [-0.05, 0) is 395 Å². The number of allylic oxidation sites excluding steroid dienone is 1. The molecule has 5 aliphatic carbocycles. The summed E-state index contributed by atoms with van der Waals surface area (Å²) in [5.41, 5.74) is 18.5. The minimum Gasteiger partial charge on any atom is -0.379 e. The van der Waals surface area contributed by atoms with Gasteiger partial charge in [0.2, 0.25) is 0 Å². The van der Waals surface area contributed by atoms with Gasteiger partial charge in [0, 0.05) is 179 Å². The summed E-state index contributed by atoms with van der Waals surface area (Å²) in [6.07, 6.45) is 52.8. The summed E-state index contributed by atoms with van der Waals surface area (Å²) in [6.45, 7) is 34.6. The Morgan fingerprint density at radius 3 is 1.42 bits per heavy atom. The summed E-state index contributed by atoms with van der Waals surface area (Å²) >= 11 is 2.13. The zero-order valence-corrected chi connectivity index (χ0v) is 94.8. The van der Waals surface area contributed by atoms with Crippen LogP contribution in [0.1, 0.15) is 312 Å². The molecule has 0 aromatic heterocycles. The average Bonchev–Trinajstić information content (AvgIpc) is 1.62. The molecular weight excluding hydrogens is 1750 g/mol. The van der Waals surface area contributed by atoms with E-state index in [0.717, 1.165) is 139 Å². The molecule has 14 aliphatic heterocycles. The highest BCUT2D eigenvalue weighted by molar-refractivity contribution is 7.99. The van der Waals surface area contributed by atoms with E-state index in [2.05, 4.69) is 414 Å². The van der Waals surface area contributed by atoms with E-state index in [1.54, 1.807) is 11.1 Å². The van der Waals surface area contributed by atoms with Crippen LogP contribution < -0.4 is 14.7 Å². The maximum atomic E-state index is 5.39. The Kier molecular flexibility index (Phi) is 42.2. The number of anilines is 3.